The molecule has 0 aliphatic carbocycles. The molecule has 0 unspecified atom stereocenters. The highest BCUT2D eigenvalue weighted by Crippen LogP contribution is 2.21. The number of rotatable bonds is 6. The second-order valence-corrected chi connectivity index (χ2v) is 4.43. The number of nitrogens with zero attached hydrogens (tertiary/aromatic N) is 1. The van der Waals surface area contributed by atoms with Gasteiger partial charge in [0.2, 0.25) is 0 Å². The molecular weight excluding hydrogens is 252 g/mol. The van der Waals surface area contributed by atoms with Gasteiger partial charge >= 0.3 is 0 Å². The summed E-state index contributed by atoms with van der Waals surface area (Å²) in [6, 6.07) is 7.84. The van der Waals surface area contributed by atoms with Crippen LogP contribution in [0, 0.1) is 0 Å². The first kappa shape index (κ1) is 14.1. The fourth-order valence-corrected chi connectivity index (χ4v) is 2.04. The maximum atomic E-state index is 10.9. The molecule has 1 aromatic carbocycles. The van der Waals surface area contributed by atoms with Gasteiger partial charge in [-0.15, -0.1) is 0 Å². The van der Waals surface area contributed by atoms with Crippen LogP contribution < -0.4 is 10.1 Å². The summed E-state index contributed by atoms with van der Waals surface area (Å²) in [4.78, 5) is 15.0. The summed E-state index contributed by atoms with van der Waals surface area (Å²) in [7, 11) is 1.68. The second kappa shape index (κ2) is 6.70. The van der Waals surface area contributed by atoms with Gasteiger partial charge in [-0.05, 0) is 29.7 Å². The number of hydrogen-bond donors (Lipinski definition) is 1. The highest BCUT2D eigenvalue weighted by Gasteiger charge is 2.04. The maximum Gasteiger partial charge on any atom is 0.152 e. The average Bonchev–Trinajstić information content (AvgIpc) is 2.52. The van der Waals surface area contributed by atoms with Gasteiger partial charge in [0.05, 0.1) is 19.0 Å². The molecule has 2 rings (SSSR count). The van der Waals surface area contributed by atoms with Crippen molar-refractivity contribution in [3.8, 4) is 5.75 Å². The molecular formula is C16H18N2O2. The van der Waals surface area contributed by atoms with Crippen LogP contribution >= 0.6 is 0 Å². The van der Waals surface area contributed by atoms with Gasteiger partial charge in [-0.1, -0.05) is 19.1 Å². The van der Waals surface area contributed by atoms with Gasteiger partial charge in [-0.3, -0.25) is 9.78 Å². The van der Waals surface area contributed by atoms with Gasteiger partial charge in [0, 0.05) is 18.3 Å². The molecule has 0 bridgehead atoms. The molecule has 0 atom stereocenters. The summed E-state index contributed by atoms with van der Waals surface area (Å²) in [6.45, 7) is 2.72. The summed E-state index contributed by atoms with van der Waals surface area (Å²) in [6.07, 6.45) is 5.02. The van der Waals surface area contributed by atoms with E-state index in [2.05, 4.69) is 29.4 Å². The number of carbonyl (C=O) groups is 1. The molecule has 2 aromatic rings. The number of benzene rings is 1. The van der Waals surface area contributed by atoms with Crippen molar-refractivity contribution in [2.45, 2.75) is 19.9 Å². The molecule has 0 saturated heterocycles. The first-order chi connectivity index (χ1) is 9.78. The van der Waals surface area contributed by atoms with E-state index in [1.807, 2.05) is 6.07 Å². The van der Waals surface area contributed by atoms with Crippen molar-refractivity contribution in [1.82, 2.24) is 4.98 Å². The predicted molar refractivity (Wildman–Crippen MR) is 79.3 cm³/mol. The largest absolute Gasteiger partial charge is 0.496 e. The van der Waals surface area contributed by atoms with Crippen LogP contribution in [0.1, 0.15) is 28.4 Å². The molecule has 1 N–H and O–H groups in total. The quantitative estimate of drug-likeness (QED) is 0.820. The zero-order valence-electron chi connectivity index (χ0n) is 11.7. The molecule has 1 heterocycles. The van der Waals surface area contributed by atoms with Gasteiger partial charge in [-0.2, -0.15) is 0 Å². The van der Waals surface area contributed by atoms with Gasteiger partial charge in [-0.25, -0.2) is 0 Å². The van der Waals surface area contributed by atoms with Gasteiger partial charge in [0.1, 0.15) is 5.75 Å². The highest BCUT2D eigenvalue weighted by atomic mass is 16.5. The molecule has 0 aliphatic rings. The van der Waals surface area contributed by atoms with Crippen LogP contribution in [0.4, 0.5) is 5.69 Å². The Morgan fingerprint density at radius 3 is 2.90 bits per heavy atom. The van der Waals surface area contributed by atoms with Crippen LogP contribution in [-0.4, -0.2) is 18.4 Å². The fraction of sp³-hybridized carbons (Fsp3) is 0.250. The Balaban J connectivity index is 2.13. The van der Waals surface area contributed by atoms with E-state index in [-0.39, 0.29) is 0 Å². The Hall–Kier alpha value is -2.36. The Morgan fingerprint density at radius 1 is 1.35 bits per heavy atom. The first-order valence-corrected chi connectivity index (χ1v) is 6.57. The minimum Gasteiger partial charge on any atom is -0.496 e. The highest BCUT2D eigenvalue weighted by molar-refractivity contribution is 5.83. The van der Waals surface area contributed by atoms with E-state index in [1.165, 1.54) is 5.56 Å². The molecule has 4 nitrogen and oxygen atoms in total. The molecule has 20 heavy (non-hydrogen) atoms. The van der Waals surface area contributed by atoms with Gasteiger partial charge < -0.3 is 10.1 Å². The first-order valence-electron chi connectivity index (χ1n) is 6.57. The third kappa shape index (κ3) is 3.15. The van der Waals surface area contributed by atoms with E-state index in [0.29, 0.717) is 12.1 Å². The number of methoxy groups -OCH3 is 1. The van der Waals surface area contributed by atoms with Gasteiger partial charge in [0.25, 0.3) is 0 Å². The van der Waals surface area contributed by atoms with Crippen LogP contribution in [0.25, 0.3) is 0 Å². The molecule has 0 aliphatic heterocycles. The lowest BCUT2D eigenvalue weighted by molar-refractivity contribution is 0.112. The van der Waals surface area contributed by atoms with Crippen LogP contribution in [0.5, 0.6) is 5.75 Å². The lowest BCUT2D eigenvalue weighted by Crippen LogP contribution is -2.03. The van der Waals surface area contributed by atoms with Crippen molar-refractivity contribution in [3.05, 3.63) is 53.3 Å². The van der Waals surface area contributed by atoms with E-state index in [0.717, 1.165) is 29.7 Å². The molecule has 4 heteroatoms. The van der Waals surface area contributed by atoms with E-state index in [9.17, 15) is 4.79 Å². The summed E-state index contributed by atoms with van der Waals surface area (Å²) in [5, 5.41) is 3.22. The lowest BCUT2D eigenvalue weighted by atomic mass is 10.1. The monoisotopic (exact) mass is 270 g/mol. The molecule has 0 radical (unpaired) electrons. The van der Waals surface area contributed by atoms with Crippen molar-refractivity contribution in [3.63, 3.8) is 0 Å². The van der Waals surface area contributed by atoms with Crippen LogP contribution in [0.3, 0.4) is 0 Å². The lowest BCUT2D eigenvalue weighted by Gasteiger charge is -2.11. The predicted octanol–water partition coefficient (Wildman–Crippen LogP) is 3.08. The van der Waals surface area contributed by atoms with E-state index in [4.69, 9.17) is 4.74 Å². The minimum atomic E-state index is 0.608. The standard InChI is InChI=1S/C16H18N2O2/c1-3-13-5-4-12(8-16(13)20-2)9-18-15-10-17-7-6-14(15)11-19/h4-8,10-11,18H,3,9H2,1-2H3. The zero-order chi connectivity index (χ0) is 14.4. The Kier molecular flexibility index (Phi) is 4.71. The molecule has 0 amide bonds. The van der Waals surface area contributed by atoms with E-state index >= 15 is 0 Å². The molecule has 0 fully saturated rings. The third-order valence-electron chi connectivity index (χ3n) is 3.20. The number of hydrogen-bond acceptors (Lipinski definition) is 4. The molecule has 0 saturated carbocycles. The van der Waals surface area contributed by atoms with E-state index in [1.54, 1.807) is 25.6 Å². The molecule has 1 aromatic heterocycles. The number of pyridine rings is 1. The number of nitrogens with one attached hydrogen (secondary N) is 1. The normalized spacial score (nSPS) is 10.1. The molecule has 104 valence electrons. The third-order valence-corrected chi connectivity index (χ3v) is 3.20. The number of carbonyl (C=O) groups excluding carboxylic acids is 1. The summed E-state index contributed by atoms with van der Waals surface area (Å²) in [5.41, 5.74) is 3.63. The fourth-order valence-electron chi connectivity index (χ4n) is 2.04. The smallest absolute Gasteiger partial charge is 0.152 e. The maximum absolute atomic E-state index is 10.9. The summed E-state index contributed by atoms with van der Waals surface area (Å²) in [5.74, 6) is 0.897. The zero-order valence-corrected chi connectivity index (χ0v) is 11.7. The van der Waals surface area contributed by atoms with Crippen LogP contribution in [-0.2, 0) is 13.0 Å². The number of ether oxygens (including phenoxy) is 1. The number of aldehydes is 1. The number of aromatic nitrogens is 1. The Bertz CT molecular complexity index is 597. The number of aryl methyl sites for hydroxylation is 1. The minimum absolute atomic E-state index is 0.608. The summed E-state index contributed by atoms with van der Waals surface area (Å²) < 4.78 is 5.38. The topological polar surface area (TPSA) is 51.2 Å². The molecule has 0 spiro atoms. The van der Waals surface area contributed by atoms with Crippen LogP contribution in [0.2, 0.25) is 0 Å². The second-order valence-electron chi connectivity index (χ2n) is 4.43. The van der Waals surface area contributed by atoms with Crippen molar-refractivity contribution >= 4 is 12.0 Å². The Morgan fingerprint density at radius 2 is 2.20 bits per heavy atom. The Labute approximate surface area is 118 Å². The summed E-state index contributed by atoms with van der Waals surface area (Å²) >= 11 is 0. The van der Waals surface area contributed by atoms with Crippen LogP contribution in [0.15, 0.2) is 36.7 Å². The van der Waals surface area contributed by atoms with Crippen molar-refractivity contribution < 1.29 is 9.53 Å². The SMILES string of the molecule is CCc1ccc(CNc2cnccc2C=O)cc1OC. The average molecular weight is 270 g/mol. The van der Waals surface area contributed by atoms with E-state index < -0.39 is 0 Å². The van der Waals surface area contributed by atoms with Crippen molar-refractivity contribution in [2.75, 3.05) is 12.4 Å². The van der Waals surface area contributed by atoms with Crippen molar-refractivity contribution in [2.24, 2.45) is 0 Å². The van der Waals surface area contributed by atoms with Gasteiger partial charge in [0.15, 0.2) is 6.29 Å². The van der Waals surface area contributed by atoms with Crippen molar-refractivity contribution in [1.29, 1.82) is 0 Å². The number of anilines is 1.